The van der Waals surface area contributed by atoms with Crippen LogP contribution < -0.4 is 15.4 Å². The predicted octanol–water partition coefficient (Wildman–Crippen LogP) is 2.54. The largest absolute Gasteiger partial charge is 0.491 e. The van der Waals surface area contributed by atoms with Gasteiger partial charge in [0.25, 0.3) is 0 Å². The molecule has 154 valence electrons. The average molecular weight is 391 g/mol. The van der Waals surface area contributed by atoms with Crippen LogP contribution in [0.25, 0.3) is 0 Å². The van der Waals surface area contributed by atoms with E-state index in [1.54, 1.807) is 36.1 Å². The Morgan fingerprint density at radius 2 is 1.75 bits per heavy atom. The third kappa shape index (κ3) is 7.09. The molecule has 1 heterocycles. The molecular weight excluding hydrogens is 362 g/mol. The van der Waals surface area contributed by atoms with Crippen molar-refractivity contribution in [1.29, 1.82) is 0 Å². The molecule has 0 saturated carbocycles. The smallest absolute Gasteiger partial charge is 0.409 e. The second-order valence-electron chi connectivity index (χ2n) is 6.94. The summed E-state index contributed by atoms with van der Waals surface area (Å²) >= 11 is 0. The fourth-order valence-electron chi connectivity index (χ4n) is 2.94. The van der Waals surface area contributed by atoms with E-state index in [9.17, 15) is 14.4 Å². The molecular formula is C20H29N3O5. The van der Waals surface area contributed by atoms with Crippen molar-refractivity contribution in [3.63, 3.8) is 0 Å². The van der Waals surface area contributed by atoms with E-state index in [2.05, 4.69) is 10.6 Å². The summed E-state index contributed by atoms with van der Waals surface area (Å²) in [6, 6.07) is 6.97. The summed E-state index contributed by atoms with van der Waals surface area (Å²) in [5, 5.41) is 5.56. The molecule has 28 heavy (non-hydrogen) atoms. The highest BCUT2D eigenvalue weighted by molar-refractivity contribution is 6.03. The first kappa shape index (κ1) is 21.5. The molecule has 0 aliphatic carbocycles. The minimum Gasteiger partial charge on any atom is -0.491 e. The number of nitrogens with one attached hydrogen (secondary N) is 2. The SMILES string of the molecule is CCOC(=O)N1CCC(NC(=O)CC(=O)Nc2ccc(OC(C)C)cc2)CC1. The Hall–Kier alpha value is -2.77. The molecule has 0 atom stereocenters. The second kappa shape index (κ2) is 10.5. The summed E-state index contributed by atoms with van der Waals surface area (Å²) in [6.45, 7) is 7.05. The monoisotopic (exact) mass is 391 g/mol. The van der Waals surface area contributed by atoms with E-state index in [0.717, 1.165) is 5.75 Å². The molecule has 0 spiro atoms. The molecule has 2 rings (SSSR count). The molecule has 1 fully saturated rings. The normalized spacial score (nSPS) is 14.5. The third-order valence-corrected chi connectivity index (χ3v) is 4.22. The van der Waals surface area contributed by atoms with Gasteiger partial charge in [0.05, 0.1) is 12.7 Å². The van der Waals surface area contributed by atoms with Gasteiger partial charge in [-0.1, -0.05) is 0 Å². The Morgan fingerprint density at radius 3 is 2.32 bits per heavy atom. The van der Waals surface area contributed by atoms with Gasteiger partial charge in [-0.2, -0.15) is 0 Å². The van der Waals surface area contributed by atoms with Crippen LogP contribution >= 0.6 is 0 Å². The standard InChI is InChI=1S/C20H29N3O5/c1-4-27-20(26)23-11-9-16(10-12-23)22-19(25)13-18(24)21-15-5-7-17(8-6-15)28-14(2)3/h5-8,14,16H,4,9-13H2,1-3H3,(H,21,24)(H,22,25). The van der Waals surface area contributed by atoms with E-state index in [-0.39, 0.29) is 36.5 Å². The van der Waals surface area contributed by atoms with E-state index >= 15 is 0 Å². The number of piperidine rings is 1. The van der Waals surface area contributed by atoms with Gasteiger partial charge in [0.1, 0.15) is 12.2 Å². The van der Waals surface area contributed by atoms with Gasteiger partial charge in [-0.15, -0.1) is 0 Å². The molecule has 0 bridgehead atoms. The van der Waals surface area contributed by atoms with Crippen LogP contribution in [0.2, 0.25) is 0 Å². The number of ether oxygens (including phenoxy) is 2. The van der Waals surface area contributed by atoms with Crippen LogP contribution in [-0.2, 0) is 14.3 Å². The first-order chi connectivity index (χ1) is 13.4. The number of likely N-dealkylation sites (tertiary alicyclic amines) is 1. The highest BCUT2D eigenvalue weighted by Crippen LogP contribution is 2.17. The van der Waals surface area contributed by atoms with Crippen molar-refractivity contribution >= 4 is 23.6 Å². The Bertz CT molecular complexity index is 667. The predicted molar refractivity (Wildman–Crippen MR) is 105 cm³/mol. The lowest BCUT2D eigenvalue weighted by Crippen LogP contribution is -2.47. The number of amides is 3. The number of nitrogens with zero attached hydrogens (tertiary/aromatic N) is 1. The molecule has 1 aromatic carbocycles. The van der Waals surface area contributed by atoms with Crippen molar-refractivity contribution in [3.05, 3.63) is 24.3 Å². The van der Waals surface area contributed by atoms with Crippen molar-refractivity contribution in [2.75, 3.05) is 25.0 Å². The zero-order valence-corrected chi connectivity index (χ0v) is 16.7. The highest BCUT2D eigenvalue weighted by Gasteiger charge is 2.25. The quantitative estimate of drug-likeness (QED) is 0.696. The first-order valence-electron chi connectivity index (χ1n) is 9.65. The molecule has 0 unspecified atom stereocenters. The summed E-state index contributed by atoms with van der Waals surface area (Å²) in [6.07, 6.45) is 0.791. The summed E-state index contributed by atoms with van der Waals surface area (Å²) in [5.41, 5.74) is 0.608. The zero-order valence-electron chi connectivity index (χ0n) is 16.7. The number of carbonyl (C=O) groups excluding carboxylic acids is 3. The molecule has 1 aromatic rings. The van der Waals surface area contributed by atoms with Gasteiger partial charge in [0.2, 0.25) is 11.8 Å². The number of anilines is 1. The number of benzene rings is 1. The Balaban J connectivity index is 1.71. The van der Waals surface area contributed by atoms with E-state index < -0.39 is 0 Å². The average Bonchev–Trinajstić information content (AvgIpc) is 2.63. The van der Waals surface area contributed by atoms with Crippen LogP contribution in [0.15, 0.2) is 24.3 Å². The first-order valence-corrected chi connectivity index (χ1v) is 9.65. The van der Waals surface area contributed by atoms with Crippen molar-refractivity contribution in [3.8, 4) is 5.75 Å². The molecule has 1 saturated heterocycles. The van der Waals surface area contributed by atoms with Gasteiger partial charge in [-0.3, -0.25) is 9.59 Å². The molecule has 0 radical (unpaired) electrons. The lowest BCUT2D eigenvalue weighted by atomic mass is 10.1. The van der Waals surface area contributed by atoms with E-state index in [1.165, 1.54) is 0 Å². The van der Waals surface area contributed by atoms with Gasteiger partial charge < -0.3 is 25.0 Å². The van der Waals surface area contributed by atoms with Crippen molar-refractivity contribution in [1.82, 2.24) is 10.2 Å². The molecule has 0 aromatic heterocycles. The van der Waals surface area contributed by atoms with E-state index in [4.69, 9.17) is 9.47 Å². The van der Waals surface area contributed by atoms with Crippen molar-refractivity contribution < 1.29 is 23.9 Å². The lowest BCUT2D eigenvalue weighted by Gasteiger charge is -2.31. The van der Waals surface area contributed by atoms with Gasteiger partial charge in [0, 0.05) is 24.8 Å². The maximum Gasteiger partial charge on any atom is 0.409 e. The van der Waals surface area contributed by atoms with Crippen LogP contribution in [-0.4, -0.2) is 54.6 Å². The summed E-state index contributed by atoms with van der Waals surface area (Å²) in [4.78, 5) is 37.5. The third-order valence-electron chi connectivity index (χ3n) is 4.22. The minimum absolute atomic E-state index is 0.0431. The molecule has 3 amide bonds. The molecule has 8 heteroatoms. The van der Waals surface area contributed by atoms with Crippen LogP contribution in [0, 0.1) is 0 Å². The lowest BCUT2D eigenvalue weighted by molar-refractivity contribution is -0.127. The van der Waals surface area contributed by atoms with Crippen molar-refractivity contribution in [2.24, 2.45) is 0 Å². The summed E-state index contributed by atoms with van der Waals surface area (Å²) < 4.78 is 10.5. The maximum atomic E-state index is 12.1. The van der Waals surface area contributed by atoms with Crippen LogP contribution in [0.3, 0.4) is 0 Å². The summed E-state index contributed by atoms with van der Waals surface area (Å²) in [5.74, 6) is 0.0192. The number of hydrogen-bond acceptors (Lipinski definition) is 5. The number of hydrogen-bond donors (Lipinski definition) is 2. The van der Waals surface area contributed by atoms with Gasteiger partial charge in [-0.25, -0.2) is 4.79 Å². The number of rotatable bonds is 7. The Labute approximate surface area is 165 Å². The van der Waals surface area contributed by atoms with E-state index in [1.807, 2.05) is 13.8 Å². The maximum absolute atomic E-state index is 12.1. The number of carbonyl (C=O) groups is 3. The van der Waals surface area contributed by atoms with Crippen LogP contribution in [0.5, 0.6) is 5.75 Å². The summed E-state index contributed by atoms with van der Waals surface area (Å²) in [7, 11) is 0. The fraction of sp³-hybridized carbons (Fsp3) is 0.550. The topological polar surface area (TPSA) is 97.0 Å². The molecule has 2 N–H and O–H groups in total. The highest BCUT2D eigenvalue weighted by atomic mass is 16.6. The molecule has 1 aliphatic rings. The van der Waals surface area contributed by atoms with Crippen LogP contribution in [0.4, 0.5) is 10.5 Å². The van der Waals surface area contributed by atoms with Gasteiger partial charge in [-0.05, 0) is 57.9 Å². The minimum atomic E-state index is -0.376. The second-order valence-corrected chi connectivity index (χ2v) is 6.94. The van der Waals surface area contributed by atoms with Gasteiger partial charge in [0.15, 0.2) is 0 Å². The Morgan fingerprint density at radius 1 is 1.11 bits per heavy atom. The van der Waals surface area contributed by atoms with Crippen LogP contribution in [0.1, 0.15) is 40.0 Å². The zero-order chi connectivity index (χ0) is 20.5. The fourth-order valence-corrected chi connectivity index (χ4v) is 2.94. The van der Waals surface area contributed by atoms with Crippen molar-refractivity contribution in [2.45, 2.75) is 52.2 Å². The molecule has 1 aliphatic heterocycles. The van der Waals surface area contributed by atoms with Gasteiger partial charge >= 0.3 is 6.09 Å². The van der Waals surface area contributed by atoms with E-state index in [0.29, 0.717) is 38.2 Å². The molecule has 8 nitrogen and oxygen atoms in total. The Kier molecular flexibility index (Phi) is 8.10.